The van der Waals surface area contributed by atoms with E-state index in [1.165, 1.54) is 0 Å². The summed E-state index contributed by atoms with van der Waals surface area (Å²) in [6.07, 6.45) is 1.71. The van der Waals surface area contributed by atoms with E-state index in [4.69, 9.17) is 5.11 Å². The molecular formula is C10H14FNO5S. The molecule has 0 bridgehead atoms. The molecule has 0 aromatic heterocycles. The van der Waals surface area contributed by atoms with Gasteiger partial charge in [0, 0.05) is 13.0 Å². The lowest BCUT2D eigenvalue weighted by Crippen LogP contribution is -2.43. The monoisotopic (exact) mass is 279 g/mol. The fourth-order valence-electron chi connectivity index (χ4n) is 2.22. The molecule has 2 rings (SSSR count). The molecule has 102 valence electrons. The van der Waals surface area contributed by atoms with Crippen molar-refractivity contribution >= 4 is 22.1 Å². The zero-order valence-corrected chi connectivity index (χ0v) is 10.4. The molecule has 1 saturated carbocycles. The molecule has 1 aliphatic carbocycles. The molecule has 0 aromatic rings. The van der Waals surface area contributed by atoms with E-state index in [1.54, 1.807) is 0 Å². The molecule has 6 nitrogen and oxygen atoms in total. The van der Waals surface area contributed by atoms with Gasteiger partial charge in [0.25, 0.3) is 0 Å². The van der Waals surface area contributed by atoms with E-state index in [0.717, 1.165) is 17.7 Å². The predicted octanol–water partition coefficient (Wildman–Crippen LogP) is 0.140. The molecular weight excluding hydrogens is 265 g/mol. The molecule has 1 amide bonds. The molecule has 1 heterocycles. The Morgan fingerprint density at radius 2 is 2.11 bits per heavy atom. The Kier molecular flexibility index (Phi) is 3.31. The number of nitrogens with zero attached hydrogens (tertiary/aromatic N) is 1. The van der Waals surface area contributed by atoms with Crippen LogP contribution in [0.15, 0.2) is 0 Å². The molecule has 1 N–H and O–H groups in total. The third-order valence-corrected chi connectivity index (χ3v) is 4.55. The van der Waals surface area contributed by atoms with Gasteiger partial charge in [-0.25, -0.2) is 4.79 Å². The third-order valence-electron chi connectivity index (χ3n) is 3.44. The van der Waals surface area contributed by atoms with E-state index in [9.17, 15) is 21.9 Å². The van der Waals surface area contributed by atoms with Gasteiger partial charge < -0.3 is 10.0 Å². The van der Waals surface area contributed by atoms with Crippen LogP contribution in [0.2, 0.25) is 0 Å². The largest absolute Gasteiger partial charge is 0.480 e. The quantitative estimate of drug-likeness (QED) is 0.723. The van der Waals surface area contributed by atoms with Gasteiger partial charge in [-0.3, -0.25) is 4.79 Å². The maximum absolute atomic E-state index is 12.8. The second kappa shape index (κ2) is 4.49. The molecule has 1 unspecified atom stereocenters. The van der Waals surface area contributed by atoms with Crippen LogP contribution in [0.1, 0.15) is 25.7 Å². The van der Waals surface area contributed by atoms with E-state index >= 15 is 0 Å². The Labute approximate surface area is 104 Å². The molecule has 1 aliphatic heterocycles. The van der Waals surface area contributed by atoms with Crippen LogP contribution < -0.4 is 0 Å². The molecule has 1 saturated heterocycles. The van der Waals surface area contributed by atoms with Crippen molar-refractivity contribution in [3.63, 3.8) is 0 Å². The fraction of sp³-hybridized carbons (Fsp3) is 0.800. The van der Waals surface area contributed by atoms with Gasteiger partial charge in [0.15, 0.2) is 0 Å². The fourth-order valence-corrected chi connectivity index (χ4v) is 2.90. The number of aliphatic carboxylic acids is 1. The van der Waals surface area contributed by atoms with Crippen LogP contribution in [0.3, 0.4) is 0 Å². The zero-order chi connectivity index (χ0) is 13.5. The summed E-state index contributed by atoms with van der Waals surface area (Å²) in [7, 11) is -4.80. The minimum Gasteiger partial charge on any atom is -0.480 e. The summed E-state index contributed by atoms with van der Waals surface area (Å²) >= 11 is 0. The van der Waals surface area contributed by atoms with E-state index in [1.807, 2.05) is 0 Å². The Morgan fingerprint density at radius 1 is 1.50 bits per heavy atom. The SMILES string of the molecule is O=C(O)[C@H](CC1CC1)N1CC(S(=O)(=O)F)CC1=O. The number of halogens is 1. The Balaban J connectivity index is 2.11. The Morgan fingerprint density at radius 3 is 2.50 bits per heavy atom. The number of likely N-dealkylation sites (tertiary alicyclic amines) is 1. The highest BCUT2D eigenvalue weighted by Gasteiger charge is 2.44. The smallest absolute Gasteiger partial charge is 0.326 e. The van der Waals surface area contributed by atoms with Gasteiger partial charge in [-0.15, -0.1) is 3.89 Å². The van der Waals surface area contributed by atoms with Crippen LogP contribution in [-0.4, -0.2) is 48.1 Å². The van der Waals surface area contributed by atoms with Crippen molar-refractivity contribution in [3.8, 4) is 0 Å². The van der Waals surface area contributed by atoms with E-state index in [2.05, 4.69) is 0 Å². The summed E-state index contributed by atoms with van der Waals surface area (Å²) in [5, 5.41) is 7.66. The molecule has 8 heteroatoms. The van der Waals surface area contributed by atoms with E-state index in [0.29, 0.717) is 6.42 Å². The van der Waals surface area contributed by atoms with Crippen LogP contribution >= 0.6 is 0 Å². The average Bonchev–Trinajstić information content (AvgIpc) is 2.96. The topological polar surface area (TPSA) is 91.8 Å². The predicted molar refractivity (Wildman–Crippen MR) is 58.9 cm³/mol. The standard InChI is InChI=1S/C10H14FNO5S/c11-18(16,17)7-4-9(13)12(5-7)8(10(14)15)3-6-1-2-6/h6-8H,1-5H2,(H,14,15)/t7?,8-/m0/s1. The summed E-state index contributed by atoms with van der Waals surface area (Å²) in [4.78, 5) is 23.7. The first-order chi connectivity index (χ1) is 8.29. The highest BCUT2D eigenvalue weighted by atomic mass is 32.3. The van der Waals surface area contributed by atoms with Crippen molar-refractivity contribution in [2.45, 2.75) is 37.0 Å². The van der Waals surface area contributed by atoms with Crippen LogP contribution in [0.5, 0.6) is 0 Å². The Hall–Kier alpha value is -1.18. The summed E-state index contributed by atoms with van der Waals surface area (Å²) < 4.78 is 34.3. The molecule has 2 fully saturated rings. The van der Waals surface area contributed by atoms with E-state index in [-0.39, 0.29) is 12.5 Å². The van der Waals surface area contributed by atoms with Gasteiger partial charge in [-0.05, 0) is 12.3 Å². The minimum absolute atomic E-state index is 0.278. The number of amides is 1. The lowest BCUT2D eigenvalue weighted by atomic mass is 10.1. The summed E-state index contributed by atoms with van der Waals surface area (Å²) in [6.45, 7) is -0.360. The van der Waals surface area contributed by atoms with Gasteiger partial charge in [-0.1, -0.05) is 12.8 Å². The zero-order valence-electron chi connectivity index (χ0n) is 9.58. The lowest BCUT2D eigenvalue weighted by Gasteiger charge is -2.24. The normalized spacial score (nSPS) is 26.4. The van der Waals surface area contributed by atoms with Crippen molar-refractivity contribution in [2.75, 3.05) is 6.54 Å². The van der Waals surface area contributed by atoms with Gasteiger partial charge in [0.05, 0.1) is 0 Å². The molecule has 0 spiro atoms. The number of hydrogen-bond acceptors (Lipinski definition) is 4. The van der Waals surface area contributed by atoms with Crippen LogP contribution in [-0.2, 0) is 19.8 Å². The first-order valence-electron chi connectivity index (χ1n) is 5.74. The molecule has 0 aromatic carbocycles. The average molecular weight is 279 g/mol. The highest BCUT2D eigenvalue weighted by molar-refractivity contribution is 7.87. The molecule has 2 aliphatic rings. The van der Waals surface area contributed by atoms with Gasteiger partial charge in [0.2, 0.25) is 5.91 Å². The van der Waals surface area contributed by atoms with Crippen molar-refractivity contribution in [1.82, 2.24) is 4.90 Å². The first kappa shape index (κ1) is 13.3. The number of carboxylic acid groups (broad SMARTS) is 1. The summed E-state index contributed by atoms with van der Waals surface area (Å²) in [5.74, 6) is -1.48. The number of carbonyl (C=O) groups excluding carboxylic acids is 1. The van der Waals surface area contributed by atoms with E-state index < -0.39 is 39.8 Å². The van der Waals surface area contributed by atoms with Crippen LogP contribution in [0, 0.1) is 5.92 Å². The number of carbonyl (C=O) groups is 2. The third kappa shape index (κ3) is 2.80. The van der Waals surface area contributed by atoms with Gasteiger partial charge in [-0.2, -0.15) is 8.42 Å². The maximum Gasteiger partial charge on any atom is 0.326 e. The highest BCUT2D eigenvalue weighted by Crippen LogP contribution is 2.36. The molecule has 0 radical (unpaired) electrons. The Bertz CT molecular complexity index is 473. The number of hydrogen-bond donors (Lipinski definition) is 1. The minimum atomic E-state index is -4.80. The van der Waals surface area contributed by atoms with Crippen LogP contribution in [0.25, 0.3) is 0 Å². The summed E-state index contributed by atoms with van der Waals surface area (Å²) in [5.41, 5.74) is 0. The molecule has 2 atom stereocenters. The number of rotatable bonds is 5. The second-order valence-corrected chi connectivity index (χ2v) is 6.50. The summed E-state index contributed by atoms with van der Waals surface area (Å²) in [6, 6.07) is -1.03. The van der Waals surface area contributed by atoms with Crippen molar-refractivity contribution in [2.24, 2.45) is 5.92 Å². The van der Waals surface area contributed by atoms with Crippen molar-refractivity contribution in [1.29, 1.82) is 0 Å². The van der Waals surface area contributed by atoms with Gasteiger partial charge in [0.1, 0.15) is 11.3 Å². The van der Waals surface area contributed by atoms with Crippen molar-refractivity contribution < 1.29 is 27.0 Å². The first-order valence-corrected chi connectivity index (χ1v) is 7.19. The maximum atomic E-state index is 12.8. The second-order valence-electron chi connectivity index (χ2n) is 4.88. The molecule has 18 heavy (non-hydrogen) atoms. The van der Waals surface area contributed by atoms with Gasteiger partial charge >= 0.3 is 16.2 Å². The lowest BCUT2D eigenvalue weighted by molar-refractivity contribution is -0.148. The number of carboxylic acids is 1. The van der Waals surface area contributed by atoms with Crippen molar-refractivity contribution in [3.05, 3.63) is 0 Å². The van der Waals surface area contributed by atoms with Crippen LogP contribution in [0.4, 0.5) is 3.89 Å².